The van der Waals surface area contributed by atoms with Crippen LogP contribution in [0, 0.1) is 13.8 Å². The van der Waals surface area contributed by atoms with E-state index in [1.807, 2.05) is 25.3 Å². The van der Waals surface area contributed by atoms with Gasteiger partial charge in [-0.05, 0) is 42.5 Å². The molecule has 2 aromatic heterocycles. The summed E-state index contributed by atoms with van der Waals surface area (Å²) in [4.78, 5) is 9.77. The van der Waals surface area contributed by atoms with E-state index in [0.717, 1.165) is 26.9 Å². The number of fused-ring (bicyclic) bond motifs is 1. The van der Waals surface area contributed by atoms with Crippen molar-refractivity contribution in [2.45, 2.75) is 13.8 Å². The van der Waals surface area contributed by atoms with Gasteiger partial charge in [-0.25, -0.2) is 9.97 Å². The molecule has 0 fully saturated rings. The maximum absolute atomic E-state index is 6.28. The number of halogens is 3. The van der Waals surface area contributed by atoms with E-state index in [9.17, 15) is 0 Å². The zero-order valence-electron chi connectivity index (χ0n) is 10.7. The van der Waals surface area contributed by atoms with Crippen LogP contribution in [0.3, 0.4) is 0 Å². The van der Waals surface area contributed by atoms with Crippen molar-refractivity contribution in [1.82, 2.24) is 9.97 Å². The van der Waals surface area contributed by atoms with Crippen LogP contribution in [0.4, 0.5) is 0 Å². The Kier molecular flexibility index (Phi) is 3.63. The summed E-state index contributed by atoms with van der Waals surface area (Å²) in [5.41, 5.74) is 2.66. The van der Waals surface area contributed by atoms with Gasteiger partial charge in [-0.15, -0.1) is 11.3 Å². The summed E-state index contributed by atoms with van der Waals surface area (Å²) in [5.74, 6) is 0.538. The van der Waals surface area contributed by atoms with Gasteiger partial charge in [0.25, 0.3) is 0 Å². The van der Waals surface area contributed by atoms with E-state index in [2.05, 4.69) is 9.97 Å². The van der Waals surface area contributed by atoms with Crippen LogP contribution >= 0.6 is 46.1 Å². The van der Waals surface area contributed by atoms with Gasteiger partial charge in [0.05, 0.1) is 15.4 Å². The largest absolute Gasteiger partial charge is 0.227 e. The highest BCUT2D eigenvalue weighted by molar-refractivity contribution is 7.14. The summed E-state index contributed by atoms with van der Waals surface area (Å²) in [6, 6.07) is 3.63. The molecule has 102 valence electrons. The molecular formula is C14H9Cl3N2S. The molecule has 0 bridgehead atoms. The van der Waals surface area contributed by atoms with Gasteiger partial charge in [0.15, 0.2) is 5.82 Å². The molecule has 0 aliphatic rings. The number of aryl methyl sites for hydroxylation is 2. The van der Waals surface area contributed by atoms with E-state index in [1.54, 1.807) is 6.07 Å². The molecule has 0 saturated heterocycles. The first-order chi connectivity index (χ1) is 9.49. The lowest BCUT2D eigenvalue weighted by atomic mass is 10.1. The van der Waals surface area contributed by atoms with Crippen molar-refractivity contribution in [1.29, 1.82) is 0 Å². The van der Waals surface area contributed by atoms with Crippen molar-refractivity contribution in [3.63, 3.8) is 0 Å². The Labute approximate surface area is 135 Å². The average Bonchev–Trinajstić information content (AvgIpc) is 2.75. The highest BCUT2D eigenvalue weighted by Gasteiger charge is 2.15. The Balaban J connectivity index is 2.34. The van der Waals surface area contributed by atoms with Gasteiger partial charge in [0, 0.05) is 10.4 Å². The van der Waals surface area contributed by atoms with Crippen LogP contribution in [0.25, 0.3) is 21.6 Å². The molecule has 0 radical (unpaired) electrons. The van der Waals surface area contributed by atoms with Gasteiger partial charge in [-0.2, -0.15) is 0 Å². The van der Waals surface area contributed by atoms with E-state index >= 15 is 0 Å². The molecular weight excluding hydrogens is 335 g/mol. The number of rotatable bonds is 1. The molecule has 0 saturated carbocycles. The molecule has 0 N–H and O–H groups in total. The summed E-state index contributed by atoms with van der Waals surface area (Å²) < 4.78 is 0. The van der Waals surface area contributed by atoms with Gasteiger partial charge in [-0.3, -0.25) is 0 Å². The first-order valence-electron chi connectivity index (χ1n) is 5.85. The molecule has 6 heteroatoms. The molecule has 0 unspecified atom stereocenters. The third kappa shape index (κ3) is 2.19. The number of aromatic nitrogens is 2. The maximum atomic E-state index is 6.28. The number of hydrogen-bond acceptors (Lipinski definition) is 3. The quantitative estimate of drug-likeness (QED) is 0.511. The maximum Gasteiger partial charge on any atom is 0.173 e. The molecule has 3 rings (SSSR count). The van der Waals surface area contributed by atoms with Gasteiger partial charge in [0.1, 0.15) is 5.15 Å². The fourth-order valence-corrected chi connectivity index (χ4v) is 3.55. The van der Waals surface area contributed by atoms with Crippen LogP contribution < -0.4 is 0 Å². The van der Waals surface area contributed by atoms with E-state index in [1.165, 1.54) is 11.3 Å². The van der Waals surface area contributed by atoms with E-state index in [4.69, 9.17) is 34.8 Å². The molecule has 0 atom stereocenters. The topological polar surface area (TPSA) is 25.8 Å². The van der Waals surface area contributed by atoms with Crippen LogP contribution in [-0.2, 0) is 0 Å². The second-order valence-corrected chi connectivity index (χ2v) is 6.49. The first-order valence-corrected chi connectivity index (χ1v) is 7.86. The fourth-order valence-electron chi connectivity index (χ4n) is 1.95. The lowest BCUT2D eigenvalue weighted by molar-refractivity contribution is 1.23. The standard InChI is InChI=1S/C14H9Cl3N2S/c1-6-5-20-12(10(6)16)14-18-11-7(2)9(15)4-3-8(11)13(17)19-14/h3-5H,1-2H3. The van der Waals surface area contributed by atoms with Crippen molar-refractivity contribution in [3.05, 3.63) is 43.8 Å². The molecule has 2 nitrogen and oxygen atoms in total. The van der Waals surface area contributed by atoms with E-state index < -0.39 is 0 Å². The van der Waals surface area contributed by atoms with Crippen molar-refractivity contribution < 1.29 is 0 Å². The predicted octanol–water partition coefficient (Wildman–Crippen LogP) is 5.94. The van der Waals surface area contributed by atoms with Gasteiger partial charge in [-0.1, -0.05) is 34.8 Å². The van der Waals surface area contributed by atoms with Crippen molar-refractivity contribution in [3.8, 4) is 10.7 Å². The number of nitrogens with zero attached hydrogens (tertiary/aromatic N) is 2. The minimum absolute atomic E-state index is 0.409. The summed E-state index contributed by atoms with van der Waals surface area (Å²) in [5, 5.41) is 4.51. The third-order valence-electron chi connectivity index (χ3n) is 3.11. The Morgan fingerprint density at radius 3 is 2.45 bits per heavy atom. The van der Waals surface area contributed by atoms with Crippen LogP contribution in [0.15, 0.2) is 17.5 Å². The normalized spacial score (nSPS) is 11.2. The van der Waals surface area contributed by atoms with Crippen LogP contribution in [0.5, 0.6) is 0 Å². The second kappa shape index (κ2) is 5.15. The molecule has 0 amide bonds. The summed E-state index contributed by atoms with van der Waals surface area (Å²) in [6.07, 6.45) is 0. The second-order valence-electron chi connectivity index (χ2n) is 4.47. The SMILES string of the molecule is Cc1csc(-c2nc(Cl)c3ccc(Cl)c(C)c3n2)c1Cl. The molecule has 2 heterocycles. The van der Waals surface area contributed by atoms with Crippen LogP contribution in [0.1, 0.15) is 11.1 Å². The molecule has 0 aliphatic carbocycles. The smallest absolute Gasteiger partial charge is 0.173 e. The van der Waals surface area contributed by atoms with Crippen molar-refractivity contribution >= 4 is 57.0 Å². The molecule has 0 aliphatic heterocycles. The summed E-state index contributed by atoms with van der Waals surface area (Å²) in [7, 11) is 0. The number of thiophene rings is 1. The monoisotopic (exact) mass is 342 g/mol. The summed E-state index contributed by atoms with van der Waals surface area (Å²) in [6.45, 7) is 3.87. The minimum Gasteiger partial charge on any atom is -0.227 e. The lowest BCUT2D eigenvalue weighted by Gasteiger charge is -2.07. The first kappa shape index (κ1) is 14.1. The van der Waals surface area contributed by atoms with Gasteiger partial charge >= 0.3 is 0 Å². The lowest BCUT2D eigenvalue weighted by Crippen LogP contribution is -1.93. The Morgan fingerprint density at radius 2 is 1.80 bits per heavy atom. The fraction of sp³-hybridized carbons (Fsp3) is 0.143. The molecule has 0 spiro atoms. The highest BCUT2D eigenvalue weighted by Crippen LogP contribution is 2.37. The number of hydrogen-bond donors (Lipinski definition) is 0. The van der Waals surface area contributed by atoms with Crippen molar-refractivity contribution in [2.75, 3.05) is 0 Å². The Hall–Kier alpha value is -0.870. The summed E-state index contributed by atoms with van der Waals surface area (Å²) >= 11 is 20.2. The van der Waals surface area contributed by atoms with Gasteiger partial charge < -0.3 is 0 Å². The van der Waals surface area contributed by atoms with Crippen LogP contribution in [-0.4, -0.2) is 9.97 Å². The average molecular weight is 344 g/mol. The van der Waals surface area contributed by atoms with Crippen LogP contribution in [0.2, 0.25) is 15.2 Å². The third-order valence-corrected chi connectivity index (χ3v) is 5.50. The van der Waals surface area contributed by atoms with Gasteiger partial charge in [0.2, 0.25) is 0 Å². The Morgan fingerprint density at radius 1 is 1.05 bits per heavy atom. The van der Waals surface area contributed by atoms with E-state index in [0.29, 0.717) is 21.0 Å². The Bertz CT molecular complexity index is 827. The molecule has 3 aromatic rings. The highest BCUT2D eigenvalue weighted by atomic mass is 35.5. The zero-order chi connectivity index (χ0) is 14.4. The molecule has 1 aromatic carbocycles. The zero-order valence-corrected chi connectivity index (χ0v) is 13.8. The minimum atomic E-state index is 0.409. The number of benzene rings is 1. The van der Waals surface area contributed by atoms with Crippen molar-refractivity contribution in [2.24, 2.45) is 0 Å². The van der Waals surface area contributed by atoms with E-state index in [-0.39, 0.29) is 0 Å². The predicted molar refractivity (Wildman–Crippen MR) is 87.4 cm³/mol. The molecule has 20 heavy (non-hydrogen) atoms.